The summed E-state index contributed by atoms with van der Waals surface area (Å²) in [4.78, 5) is 3.67. The Balaban J connectivity index is 2.46. The molecule has 6 nitrogen and oxygen atoms in total. The van der Waals surface area contributed by atoms with E-state index in [1.54, 1.807) is 13.1 Å². The molecule has 0 aliphatic heterocycles. The van der Waals surface area contributed by atoms with Crippen LogP contribution >= 0.6 is 22.9 Å². The molecule has 1 aromatic rings. The number of nitrogens with two attached hydrogens (primary N) is 1. The lowest BCUT2D eigenvalue weighted by Crippen LogP contribution is -2.38. The van der Waals surface area contributed by atoms with Crippen LogP contribution in [-0.4, -0.2) is 34.5 Å². The molecule has 96 valence electrons. The molecule has 0 unspecified atom stereocenters. The Morgan fingerprint density at radius 3 is 2.76 bits per heavy atom. The van der Waals surface area contributed by atoms with Gasteiger partial charge in [0.25, 0.3) is 0 Å². The molecule has 0 fully saturated rings. The zero-order valence-corrected chi connectivity index (χ0v) is 11.5. The first-order valence-corrected chi connectivity index (χ1v) is 7.34. The van der Waals surface area contributed by atoms with Crippen LogP contribution in [-0.2, 0) is 10.0 Å². The number of aliphatic imine (C=N–C) groups is 1. The van der Waals surface area contributed by atoms with Crippen molar-refractivity contribution in [2.24, 2.45) is 10.7 Å². The van der Waals surface area contributed by atoms with E-state index < -0.39 is 10.0 Å². The second-order valence-corrected chi connectivity index (χ2v) is 6.70. The minimum Gasteiger partial charge on any atom is -0.370 e. The van der Waals surface area contributed by atoms with Crippen molar-refractivity contribution < 1.29 is 8.42 Å². The molecule has 0 aliphatic carbocycles. The van der Waals surface area contributed by atoms with Crippen LogP contribution in [0.2, 0.25) is 4.34 Å². The summed E-state index contributed by atoms with van der Waals surface area (Å²) >= 11 is 6.68. The number of hydrogen-bond acceptors (Lipinski definition) is 4. The van der Waals surface area contributed by atoms with Gasteiger partial charge in [-0.05, 0) is 12.1 Å². The van der Waals surface area contributed by atoms with Gasteiger partial charge in [0.15, 0.2) is 5.96 Å². The molecule has 1 rings (SSSR count). The molecule has 0 atom stereocenters. The van der Waals surface area contributed by atoms with Crippen molar-refractivity contribution in [1.29, 1.82) is 0 Å². The van der Waals surface area contributed by atoms with Crippen molar-refractivity contribution >= 4 is 38.9 Å². The Morgan fingerprint density at radius 2 is 2.24 bits per heavy atom. The lowest BCUT2D eigenvalue weighted by molar-refractivity contribution is 0.583. The van der Waals surface area contributed by atoms with Crippen molar-refractivity contribution in [3.05, 3.63) is 16.5 Å². The highest BCUT2D eigenvalue weighted by Gasteiger charge is 2.15. The van der Waals surface area contributed by atoms with Crippen LogP contribution in [0.5, 0.6) is 0 Å². The smallest absolute Gasteiger partial charge is 0.250 e. The van der Waals surface area contributed by atoms with Gasteiger partial charge in [0.2, 0.25) is 10.0 Å². The topological polar surface area (TPSA) is 96.6 Å². The first-order chi connectivity index (χ1) is 7.95. The monoisotopic (exact) mass is 296 g/mol. The van der Waals surface area contributed by atoms with Crippen LogP contribution in [0.4, 0.5) is 0 Å². The Bertz CT molecular complexity index is 497. The quantitative estimate of drug-likeness (QED) is 0.411. The standard InChI is InChI=1S/C8H13ClN4O2S2/c1-11-8(10)12-4-5-13-17(14,15)7-3-2-6(9)16-7/h2-3,13H,4-5H2,1H3,(H3,10,11,12). The van der Waals surface area contributed by atoms with Gasteiger partial charge in [0.05, 0.1) is 4.34 Å². The van der Waals surface area contributed by atoms with Crippen LogP contribution in [0, 0.1) is 0 Å². The molecular formula is C8H13ClN4O2S2. The highest BCUT2D eigenvalue weighted by molar-refractivity contribution is 7.91. The minimum absolute atomic E-state index is 0.194. The molecule has 0 saturated carbocycles. The molecule has 17 heavy (non-hydrogen) atoms. The van der Waals surface area contributed by atoms with Gasteiger partial charge < -0.3 is 11.1 Å². The summed E-state index contributed by atoms with van der Waals surface area (Å²) in [5, 5.41) is 2.74. The van der Waals surface area contributed by atoms with E-state index in [1.165, 1.54) is 6.07 Å². The summed E-state index contributed by atoms with van der Waals surface area (Å²) < 4.78 is 26.5. The van der Waals surface area contributed by atoms with Crippen LogP contribution in [0.1, 0.15) is 0 Å². The average molecular weight is 297 g/mol. The van der Waals surface area contributed by atoms with Crippen LogP contribution in [0.15, 0.2) is 21.3 Å². The normalized spacial score (nSPS) is 12.7. The van der Waals surface area contributed by atoms with Gasteiger partial charge >= 0.3 is 0 Å². The molecule has 0 aliphatic rings. The first-order valence-electron chi connectivity index (χ1n) is 4.67. The van der Waals surface area contributed by atoms with Crippen molar-refractivity contribution in [3.63, 3.8) is 0 Å². The molecule has 0 radical (unpaired) electrons. The number of rotatable bonds is 5. The van der Waals surface area contributed by atoms with E-state index >= 15 is 0 Å². The fourth-order valence-corrected chi connectivity index (χ4v) is 3.53. The second kappa shape index (κ2) is 6.20. The van der Waals surface area contributed by atoms with E-state index in [0.717, 1.165) is 11.3 Å². The molecular weight excluding hydrogens is 284 g/mol. The van der Waals surface area contributed by atoms with E-state index in [2.05, 4.69) is 15.0 Å². The number of nitrogens with one attached hydrogen (secondary N) is 2. The van der Waals surface area contributed by atoms with Crippen LogP contribution in [0.25, 0.3) is 0 Å². The third kappa shape index (κ3) is 4.50. The lowest BCUT2D eigenvalue weighted by atomic mass is 10.6. The van der Waals surface area contributed by atoms with E-state index in [-0.39, 0.29) is 16.7 Å². The van der Waals surface area contributed by atoms with Gasteiger partial charge in [-0.25, -0.2) is 13.1 Å². The Morgan fingerprint density at radius 1 is 1.53 bits per heavy atom. The maximum absolute atomic E-state index is 11.7. The second-order valence-electron chi connectivity index (χ2n) is 2.99. The minimum atomic E-state index is -3.48. The molecule has 1 heterocycles. The number of thiophene rings is 1. The average Bonchev–Trinajstić information content (AvgIpc) is 2.71. The summed E-state index contributed by atoms with van der Waals surface area (Å²) in [7, 11) is -1.94. The molecule has 0 bridgehead atoms. The van der Waals surface area contributed by atoms with Gasteiger partial charge in [-0.15, -0.1) is 11.3 Å². The highest BCUT2D eigenvalue weighted by Crippen LogP contribution is 2.24. The van der Waals surface area contributed by atoms with Gasteiger partial charge in [-0.2, -0.15) is 0 Å². The molecule has 0 spiro atoms. The number of nitrogens with zero attached hydrogens (tertiary/aromatic N) is 1. The Kier molecular flexibility index (Phi) is 5.19. The van der Waals surface area contributed by atoms with Crippen molar-refractivity contribution in [3.8, 4) is 0 Å². The summed E-state index contributed by atoms with van der Waals surface area (Å²) in [6.45, 7) is 0.579. The summed E-state index contributed by atoms with van der Waals surface area (Å²) in [6, 6.07) is 3.01. The molecule has 1 aromatic heterocycles. The van der Waals surface area contributed by atoms with E-state index in [0.29, 0.717) is 10.9 Å². The zero-order valence-electron chi connectivity index (χ0n) is 9.10. The Labute approximate surface area is 109 Å². The van der Waals surface area contributed by atoms with Gasteiger partial charge in [0, 0.05) is 20.1 Å². The van der Waals surface area contributed by atoms with E-state index in [9.17, 15) is 8.42 Å². The van der Waals surface area contributed by atoms with Gasteiger partial charge in [-0.1, -0.05) is 11.6 Å². The fourth-order valence-electron chi connectivity index (χ4n) is 0.968. The highest BCUT2D eigenvalue weighted by atomic mass is 35.5. The van der Waals surface area contributed by atoms with Gasteiger partial charge in [-0.3, -0.25) is 4.99 Å². The molecule has 0 amide bonds. The summed E-state index contributed by atoms with van der Waals surface area (Å²) in [5.41, 5.74) is 5.38. The number of halogens is 1. The van der Waals surface area contributed by atoms with Gasteiger partial charge in [0.1, 0.15) is 4.21 Å². The predicted octanol–water partition coefficient (Wildman–Crippen LogP) is 0.214. The third-order valence-electron chi connectivity index (χ3n) is 1.78. The summed E-state index contributed by atoms with van der Waals surface area (Å²) in [5.74, 6) is 0.267. The molecule has 0 aromatic carbocycles. The fraction of sp³-hybridized carbons (Fsp3) is 0.375. The third-order valence-corrected chi connectivity index (χ3v) is 4.96. The summed E-state index contributed by atoms with van der Waals surface area (Å²) in [6.07, 6.45) is 0. The number of guanidine groups is 1. The van der Waals surface area contributed by atoms with Crippen molar-refractivity contribution in [1.82, 2.24) is 10.0 Å². The molecule has 4 N–H and O–H groups in total. The van der Waals surface area contributed by atoms with E-state index in [1.807, 2.05) is 0 Å². The maximum Gasteiger partial charge on any atom is 0.250 e. The first kappa shape index (κ1) is 14.2. The number of hydrogen-bond donors (Lipinski definition) is 3. The van der Waals surface area contributed by atoms with Crippen molar-refractivity contribution in [2.45, 2.75) is 4.21 Å². The van der Waals surface area contributed by atoms with E-state index in [4.69, 9.17) is 17.3 Å². The SMILES string of the molecule is CN=C(N)NCCNS(=O)(=O)c1ccc(Cl)s1. The molecule has 0 saturated heterocycles. The van der Waals surface area contributed by atoms with Crippen LogP contribution < -0.4 is 15.8 Å². The van der Waals surface area contributed by atoms with Crippen LogP contribution in [0.3, 0.4) is 0 Å². The predicted molar refractivity (Wildman–Crippen MR) is 70.1 cm³/mol. The largest absolute Gasteiger partial charge is 0.370 e. The number of sulfonamides is 1. The zero-order chi connectivity index (χ0) is 12.9. The Hall–Kier alpha value is -0.830. The van der Waals surface area contributed by atoms with Crippen molar-refractivity contribution in [2.75, 3.05) is 20.1 Å². The lowest BCUT2D eigenvalue weighted by Gasteiger charge is -2.06. The maximum atomic E-state index is 11.7. The molecule has 9 heteroatoms.